The first-order chi connectivity index (χ1) is 16.8. The summed E-state index contributed by atoms with van der Waals surface area (Å²) >= 11 is 0. The number of hydrogen-bond acceptors (Lipinski definition) is 7. The number of pyridine rings is 1. The molecule has 5 heterocycles. The highest BCUT2D eigenvalue weighted by Gasteiger charge is 2.30. The molecule has 0 aliphatic carbocycles. The lowest BCUT2D eigenvalue weighted by molar-refractivity contribution is 0.343. The minimum Gasteiger partial charge on any atom is -0.352 e. The predicted molar refractivity (Wildman–Crippen MR) is 134 cm³/mol. The van der Waals surface area contributed by atoms with Crippen LogP contribution in [-0.2, 0) is 12.8 Å². The van der Waals surface area contributed by atoms with Crippen LogP contribution in [0.3, 0.4) is 0 Å². The zero-order valence-electron chi connectivity index (χ0n) is 19.3. The van der Waals surface area contributed by atoms with Crippen LogP contribution < -0.4 is 15.5 Å². The van der Waals surface area contributed by atoms with Crippen LogP contribution in [0, 0.1) is 5.92 Å². The number of nitrogens with two attached hydrogens (primary N) is 1. The van der Waals surface area contributed by atoms with Crippen molar-refractivity contribution in [2.45, 2.75) is 38.1 Å². The van der Waals surface area contributed by atoms with E-state index in [9.17, 15) is 0 Å². The molecule has 3 aromatic heterocycles. The highest BCUT2D eigenvalue weighted by Crippen LogP contribution is 2.35. The van der Waals surface area contributed by atoms with Crippen molar-refractivity contribution in [1.82, 2.24) is 25.1 Å². The van der Waals surface area contributed by atoms with Gasteiger partial charge >= 0.3 is 0 Å². The van der Waals surface area contributed by atoms with Crippen LogP contribution in [0.5, 0.6) is 0 Å². The van der Waals surface area contributed by atoms with Gasteiger partial charge in [-0.1, -0.05) is 30.3 Å². The smallest absolute Gasteiger partial charge is 0.183 e. The Morgan fingerprint density at radius 3 is 2.85 bits per heavy atom. The summed E-state index contributed by atoms with van der Waals surface area (Å²) in [5, 5.41) is 7.78. The highest BCUT2D eigenvalue weighted by atomic mass is 15.3. The molecule has 4 aromatic rings. The van der Waals surface area contributed by atoms with E-state index >= 15 is 0 Å². The number of fused-ring (bicyclic) bond motifs is 2. The van der Waals surface area contributed by atoms with Gasteiger partial charge in [-0.25, -0.2) is 9.97 Å². The molecule has 3 N–H and O–H groups in total. The maximum Gasteiger partial charge on any atom is 0.183 e. The zero-order valence-corrected chi connectivity index (χ0v) is 19.3. The van der Waals surface area contributed by atoms with E-state index in [4.69, 9.17) is 15.7 Å². The van der Waals surface area contributed by atoms with E-state index in [1.807, 2.05) is 18.5 Å². The molecule has 2 atom stereocenters. The molecule has 8 nitrogen and oxygen atoms in total. The Morgan fingerprint density at radius 2 is 1.97 bits per heavy atom. The van der Waals surface area contributed by atoms with Gasteiger partial charge in [0.2, 0.25) is 0 Å². The fourth-order valence-electron chi connectivity index (χ4n) is 5.45. The summed E-state index contributed by atoms with van der Waals surface area (Å²) in [4.78, 5) is 19.0. The van der Waals surface area contributed by atoms with E-state index in [1.165, 1.54) is 5.56 Å². The molecule has 0 saturated carbocycles. The normalized spacial score (nSPS) is 20.5. The molecule has 6 rings (SSSR count). The van der Waals surface area contributed by atoms with Crippen LogP contribution in [0.2, 0.25) is 0 Å². The van der Waals surface area contributed by atoms with Gasteiger partial charge in [0.15, 0.2) is 17.0 Å². The standard InChI is InChI=1S/C26H30N8/c27-16-19-10-13-33(20(15-19)14-18-6-2-1-3-7-18)23-17-29-24-25(30-23)31-32-26(24)34-12-5-8-21-22(34)9-4-11-28-21/h1-4,6-7,9,11,17,19-20H,5,8,10,12-16,27H2,(H,30,31,32)/t19-,20-/m0/s1. The van der Waals surface area contributed by atoms with Gasteiger partial charge in [-0.05, 0) is 62.3 Å². The fourth-order valence-corrected chi connectivity index (χ4v) is 5.45. The van der Waals surface area contributed by atoms with Gasteiger partial charge in [0.05, 0.1) is 17.6 Å². The van der Waals surface area contributed by atoms with Crippen molar-refractivity contribution in [3.8, 4) is 0 Å². The number of anilines is 3. The van der Waals surface area contributed by atoms with Crippen molar-refractivity contribution in [1.29, 1.82) is 0 Å². The minimum atomic E-state index is 0.346. The van der Waals surface area contributed by atoms with E-state index in [2.05, 4.69) is 61.4 Å². The Labute approximate surface area is 199 Å². The van der Waals surface area contributed by atoms with Crippen LogP contribution in [0.1, 0.15) is 30.5 Å². The summed E-state index contributed by atoms with van der Waals surface area (Å²) in [7, 11) is 0. The van der Waals surface area contributed by atoms with Crippen molar-refractivity contribution < 1.29 is 0 Å². The molecule has 0 bridgehead atoms. The third kappa shape index (κ3) is 3.88. The molecular formula is C26H30N8. The van der Waals surface area contributed by atoms with Crippen LogP contribution in [0.4, 0.5) is 17.3 Å². The first kappa shape index (κ1) is 21.0. The second-order valence-corrected chi connectivity index (χ2v) is 9.36. The predicted octanol–water partition coefficient (Wildman–Crippen LogP) is 3.62. The number of piperidine rings is 1. The van der Waals surface area contributed by atoms with Crippen molar-refractivity contribution >= 4 is 28.5 Å². The highest BCUT2D eigenvalue weighted by molar-refractivity contribution is 5.87. The Morgan fingerprint density at radius 1 is 1.06 bits per heavy atom. The second-order valence-electron chi connectivity index (χ2n) is 9.36. The zero-order chi connectivity index (χ0) is 22.9. The third-order valence-corrected chi connectivity index (χ3v) is 7.21. The monoisotopic (exact) mass is 454 g/mol. The first-order valence-corrected chi connectivity index (χ1v) is 12.2. The minimum absolute atomic E-state index is 0.346. The average molecular weight is 455 g/mol. The maximum absolute atomic E-state index is 6.06. The molecule has 1 saturated heterocycles. The number of hydrogen-bond donors (Lipinski definition) is 2. The van der Waals surface area contributed by atoms with E-state index in [0.717, 1.165) is 85.9 Å². The Hall–Kier alpha value is -3.52. The Kier molecular flexibility index (Phi) is 5.58. The van der Waals surface area contributed by atoms with Gasteiger partial charge in [-0.3, -0.25) is 10.1 Å². The first-order valence-electron chi connectivity index (χ1n) is 12.2. The summed E-state index contributed by atoms with van der Waals surface area (Å²) in [6, 6.07) is 15.1. The summed E-state index contributed by atoms with van der Waals surface area (Å²) in [6.45, 7) is 2.57. The number of H-pyrrole nitrogens is 1. The second kappa shape index (κ2) is 9.02. The van der Waals surface area contributed by atoms with Crippen LogP contribution in [0.25, 0.3) is 11.2 Å². The number of aromatic nitrogens is 5. The molecule has 1 aromatic carbocycles. The van der Waals surface area contributed by atoms with E-state index in [1.54, 1.807) is 0 Å². The Bertz CT molecular complexity index is 1270. The molecule has 174 valence electrons. The van der Waals surface area contributed by atoms with E-state index in [-0.39, 0.29) is 0 Å². The van der Waals surface area contributed by atoms with Crippen molar-refractivity contribution in [2.75, 3.05) is 29.4 Å². The van der Waals surface area contributed by atoms with Gasteiger partial charge in [-0.2, -0.15) is 5.10 Å². The number of rotatable bonds is 5. The lowest BCUT2D eigenvalue weighted by atomic mass is 9.87. The van der Waals surface area contributed by atoms with Gasteiger partial charge < -0.3 is 15.5 Å². The molecule has 2 aliphatic rings. The largest absolute Gasteiger partial charge is 0.352 e. The maximum atomic E-state index is 6.06. The number of benzene rings is 1. The Balaban J connectivity index is 1.31. The van der Waals surface area contributed by atoms with Gasteiger partial charge in [-0.15, -0.1) is 0 Å². The lowest BCUT2D eigenvalue weighted by Gasteiger charge is -2.40. The fraction of sp³-hybridized carbons (Fsp3) is 0.385. The number of nitrogens with zero attached hydrogens (tertiary/aromatic N) is 6. The molecule has 34 heavy (non-hydrogen) atoms. The average Bonchev–Trinajstić information content (AvgIpc) is 3.32. The van der Waals surface area contributed by atoms with Crippen LogP contribution in [0.15, 0.2) is 54.9 Å². The number of aromatic amines is 1. The topological polar surface area (TPSA) is 99.9 Å². The van der Waals surface area contributed by atoms with Gasteiger partial charge in [0.25, 0.3) is 0 Å². The van der Waals surface area contributed by atoms with Gasteiger partial charge in [0, 0.05) is 25.3 Å². The quantitative estimate of drug-likeness (QED) is 0.475. The molecule has 8 heteroatoms. The lowest BCUT2D eigenvalue weighted by Crippen LogP contribution is -2.45. The molecule has 2 aliphatic heterocycles. The summed E-state index contributed by atoms with van der Waals surface area (Å²) < 4.78 is 0. The number of aryl methyl sites for hydroxylation is 1. The molecule has 0 amide bonds. The van der Waals surface area contributed by atoms with Crippen LogP contribution in [-0.4, -0.2) is 50.8 Å². The summed E-state index contributed by atoms with van der Waals surface area (Å²) in [6.07, 6.45) is 8.92. The van der Waals surface area contributed by atoms with Crippen LogP contribution >= 0.6 is 0 Å². The van der Waals surface area contributed by atoms with E-state index in [0.29, 0.717) is 12.0 Å². The molecule has 0 radical (unpaired) electrons. The van der Waals surface area contributed by atoms with Crippen molar-refractivity contribution in [2.24, 2.45) is 11.7 Å². The number of nitrogens with one attached hydrogen (secondary N) is 1. The van der Waals surface area contributed by atoms with Gasteiger partial charge in [0.1, 0.15) is 5.82 Å². The molecule has 0 spiro atoms. The van der Waals surface area contributed by atoms with Crippen molar-refractivity contribution in [3.63, 3.8) is 0 Å². The van der Waals surface area contributed by atoms with Crippen molar-refractivity contribution in [3.05, 3.63) is 66.1 Å². The van der Waals surface area contributed by atoms with E-state index < -0.39 is 0 Å². The molecule has 1 fully saturated rings. The summed E-state index contributed by atoms with van der Waals surface area (Å²) in [5.74, 6) is 2.28. The summed E-state index contributed by atoms with van der Waals surface area (Å²) in [5.41, 5.74) is 11.1. The third-order valence-electron chi connectivity index (χ3n) is 7.21. The molecule has 0 unspecified atom stereocenters. The SMILES string of the molecule is NC[C@H]1CCN(c2cnc3c(N4CCCc5ncccc54)n[nH]c3n2)[C@@H](Cc2ccccc2)C1. The molecular weight excluding hydrogens is 424 g/mol.